The average molecular weight is 414 g/mol. The van der Waals surface area contributed by atoms with Crippen molar-refractivity contribution in [2.24, 2.45) is 0 Å². The van der Waals surface area contributed by atoms with Crippen molar-refractivity contribution in [3.63, 3.8) is 0 Å². The van der Waals surface area contributed by atoms with Crippen molar-refractivity contribution in [3.05, 3.63) is 52.6 Å². The lowest BCUT2D eigenvalue weighted by Gasteiger charge is -2.10. The van der Waals surface area contributed by atoms with Crippen LogP contribution in [0.15, 0.2) is 47.1 Å². The summed E-state index contributed by atoms with van der Waals surface area (Å²) in [6.07, 6.45) is -3.16. The van der Waals surface area contributed by atoms with E-state index in [1.807, 2.05) is 6.07 Å². The maximum atomic E-state index is 12.3. The number of alkyl halides is 3. The Morgan fingerprint density at radius 1 is 1.00 bits per heavy atom. The van der Waals surface area contributed by atoms with Crippen molar-refractivity contribution in [2.45, 2.75) is 6.36 Å². The van der Waals surface area contributed by atoms with E-state index in [1.165, 1.54) is 12.1 Å². The van der Waals surface area contributed by atoms with Gasteiger partial charge in [0.2, 0.25) is 5.82 Å². The van der Waals surface area contributed by atoms with Gasteiger partial charge in [0, 0.05) is 28.2 Å². The number of rotatable bonds is 3. The SMILES string of the molecule is FC(F)(F)Oc1ccc(-c2nc(-c3ccc4[nH]cc(Cl)c4c3)no2)cc1Cl. The topological polar surface area (TPSA) is 63.9 Å². The van der Waals surface area contributed by atoms with Crippen LogP contribution in [-0.2, 0) is 0 Å². The van der Waals surface area contributed by atoms with Gasteiger partial charge in [-0.15, -0.1) is 13.2 Å². The van der Waals surface area contributed by atoms with Gasteiger partial charge in [0.25, 0.3) is 5.89 Å². The second-order valence-corrected chi connectivity index (χ2v) is 6.33. The van der Waals surface area contributed by atoms with Crippen molar-refractivity contribution in [1.29, 1.82) is 0 Å². The van der Waals surface area contributed by atoms with Crippen LogP contribution in [0.1, 0.15) is 0 Å². The number of hydrogen-bond donors (Lipinski definition) is 1. The third-order valence-electron chi connectivity index (χ3n) is 3.72. The standard InChI is InChI=1S/C17H8Cl2F3N3O2/c18-11-6-9(2-4-14(11)26-17(20,21)22)16-24-15(25-27-16)8-1-3-13-10(5-8)12(19)7-23-13/h1-7,23H. The van der Waals surface area contributed by atoms with E-state index in [1.54, 1.807) is 18.3 Å². The molecule has 1 N–H and O–H groups in total. The molecule has 0 radical (unpaired) electrons. The van der Waals surface area contributed by atoms with Gasteiger partial charge in [-0.25, -0.2) is 0 Å². The fourth-order valence-corrected chi connectivity index (χ4v) is 2.95. The van der Waals surface area contributed by atoms with Gasteiger partial charge in [-0.1, -0.05) is 28.4 Å². The average Bonchev–Trinajstić information content (AvgIpc) is 3.23. The minimum absolute atomic E-state index is 0.103. The summed E-state index contributed by atoms with van der Waals surface area (Å²) in [7, 11) is 0. The molecule has 138 valence electrons. The lowest BCUT2D eigenvalue weighted by Crippen LogP contribution is -2.17. The van der Waals surface area contributed by atoms with Gasteiger partial charge in [-0.2, -0.15) is 4.98 Å². The quantitative estimate of drug-likeness (QED) is 0.441. The first-order valence-electron chi connectivity index (χ1n) is 7.46. The summed E-state index contributed by atoms with van der Waals surface area (Å²) in [6.45, 7) is 0. The molecule has 0 fully saturated rings. The smallest absolute Gasteiger partial charge is 0.404 e. The third kappa shape index (κ3) is 3.58. The zero-order valence-corrected chi connectivity index (χ0v) is 14.7. The first kappa shape index (κ1) is 17.7. The summed E-state index contributed by atoms with van der Waals surface area (Å²) >= 11 is 12.0. The number of nitrogens with zero attached hydrogens (tertiary/aromatic N) is 2. The second-order valence-electron chi connectivity index (χ2n) is 5.51. The maximum absolute atomic E-state index is 12.3. The Morgan fingerprint density at radius 2 is 1.78 bits per heavy atom. The Morgan fingerprint density at radius 3 is 2.52 bits per heavy atom. The van der Waals surface area contributed by atoms with Crippen LogP contribution in [0.25, 0.3) is 33.7 Å². The Hall–Kier alpha value is -2.71. The number of nitrogens with one attached hydrogen (secondary N) is 1. The molecule has 0 saturated carbocycles. The lowest BCUT2D eigenvalue weighted by atomic mass is 10.1. The molecule has 0 aliphatic rings. The molecule has 0 aliphatic carbocycles. The van der Waals surface area contributed by atoms with Crippen molar-refractivity contribution in [1.82, 2.24) is 15.1 Å². The zero-order chi connectivity index (χ0) is 19.2. The van der Waals surface area contributed by atoms with Gasteiger partial charge < -0.3 is 14.2 Å². The van der Waals surface area contributed by atoms with Crippen LogP contribution in [0.2, 0.25) is 10.0 Å². The number of H-pyrrole nitrogens is 1. The molecule has 0 aliphatic heterocycles. The van der Waals surface area contributed by atoms with E-state index in [4.69, 9.17) is 27.7 Å². The van der Waals surface area contributed by atoms with Gasteiger partial charge in [0.1, 0.15) is 5.75 Å². The molecule has 10 heteroatoms. The minimum Gasteiger partial charge on any atom is -0.404 e. The second kappa shape index (κ2) is 6.47. The molecule has 0 bridgehead atoms. The highest BCUT2D eigenvalue weighted by Crippen LogP contribution is 2.34. The van der Waals surface area contributed by atoms with E-state index < -0.39 is 12.1 Å². The molecule has 2 aromatic carbocycles. The summed E-state index contributed by atoms with van der Waals surface area (Å²) < 4.78 is 46.0. The van der Waals surface area contributed by atoms with Crippen molar-refractivity contribution >= 4 is 34.1 Å². The number of aromatic nitrogens is 3. The molecule has 4 rings (SSSR count). The Bertz CT molecular complexity index is 1140. The van der Waals surface area contributed by atoms with Crippen LogP contribution in [0.5, 0.6) is 5.75 Å². The maximum Gasteiger partial charge on any atom is 0.573 e. The van der Waals surface area contributed by atoms with Crippen molar-refractivity contribution in [2.75, 3.05) is 0 Å². The monoisotopic (exact) mass is 413 g/mol. The molecular weight excluding hydrogens is 406 g/mol. The molecular formula is C17H8Cl2F3N3O2. The van der Waals surface area contributed by atoms with Crippen LogP contribution in [0, 0.1) is 0 Å². The number of hydrogen-bond acceptors (Lipinski definition) is 4. The number of aromatic amines is 1. The molecule has 2 aromatic heterocycles. The summed E-state index contributed by atoms with van der Waals surface area (Å²) in [6, 6.07) is 9.10. The number of benzene rings is 2. The first-order chi connectivity index (χ1) is 12.8. The summed E-state index contributed by atoms with van der Waals surface area (Å²) in [4.78, 5) is 7.29. The Balaban J connectivity index is 1.65. The van der Waals surface area contributed by atoms with E-state index >= 15 is 0 Å². The van der Waals surface area contributed by atoms with Crippen LogP contribution in [-0.4, -0.2) is 21.5 Å². The van der Waals surface area contributed by atoms with Crippen LogP contribution in [0.3, 0.4) is 0 Å². The Kier molecular flexibility index (Phi) is 4.24. The Labute approximate surface area is 159 Å². The van der Waals surface area contributed by atoms with Crippen LogP contribution in [0.4, 0.5) is 13.2 Å². The molecule has 27 heavy (non-hydrogen) atoms. The van der Waals surface area contributed by atoms with E-state index in [0.29, 0.717) is 22.0 Å². The molecule has 0 atom stereocenters. The van der Waals surface area contributed by atoms with Gasteiger partial charge in [0.15, 0.2) is 0 Å². The normalized spacial score (nSPS) is 11.9. The molecule has 0 saturated heterocycles. The molecule has 0 spiro atoms. The number of ether oxygens (including phenoxy) is 1. The van der Waals surface area contributed by atoms with Crippen LogP contribution < -0.4 is 4.74 Å². The van der Waals surface area contributed by atoms with Gasteiger partial charge in [-0.3, -0.25) is 0 Å². The predicted octanol–water partition coefficient (Wildman–Crippen LogP) is 6.09. The fourth-order valence-electron chi connectivity index (χ4n) is 2.52. The predicted molar refractivity (Wildman–Crippen MR) is 93.7 cm³/mol. The fraction of sp³-hybridized carbons (Fsp3) is 0.0588. The van der Waals surface area contributed by atoms with Crippen molar-refractivity contribution < 1.29 is 22.4 Å². The highest BCUT2D eigenvalue weighted by molar-refractivity contribution is 6.35. The van der Waals surface area contributed by atoms with Gasteiger partial charge in [-0.05, 0) is 36.4 Å². The van der Waals surface area contributed by atoms with Gasteiger partial charge in [0.05, 0.1) is 10.0 Å². The highest BCUT2D eigenvalue weighted by Gasteiger charge is 2.32. The molecule has 4 aromatic rings. The first-order valence-corrected chi connectivity index (χ1v) is 8.22. The summed E-state index contributed by atoms with van der Waals surface area (Å²) in [5.74, 6) is -0.109. The third-order valence-corrected chi connectivity index (χ3v) is 4.33. The number of fused-ring (bicyclic) bond motifs is 1. The molecule has 0 amide bonds. The van der Waals surface area contributed by atoms with Crippen molar-refractivity contribution in [3.8, 4) is 28.6 Å². The highest BCUT2D eigenvalue weighted by atomic mass is 35.5. The number of halogens is 5. The summed E-state index contributed by atoms with van der Waals surface area (Å²) in [5, 5.41) is 5.03. The van der Waals surface area contributed by atoms with E-state index in [2.05, 4.69) is 19.9 Å². The lowest BCUT2D eigenvalue weighted by molar-refractivity contribution is -0.274. The molecule has 5 nitrogen and oxygen atoms in total. The molecule has 0 unspecified atom stereocenters. The summed E-state index contributed by atoms with van der Waals surface area (Å²) in [5.41, 5.74) is 1.88. The largest absolute Gasteiger partial charge is 0.573 e. The van der Waals surface area contributed by atoms with E-state index in [9.17, 15) is 13.2 Å². The molecule has 2 heterocycles. The van der Waals surface area contributed by atoms with E-state index in [-0.39, 0.29) is 10.9 Å². The minimum atomic E-state index is -4.83. The van der Waals surface area contributed by atoms with Gasteiger partial charge >= 0.3 is 6.36 Å². The van der Waals surface area contributed by atoms with Crippen LogP contribution >= 0.6 is 23.2 Å². The van der Waals surface area contributed by atoms with E-state index in [0.717, 1.165) is 17.0 Å². The zero-order valence-electron chi connectivity index (χ0n) is 13.1.